The van der Waals surface area contributed by atoms with Crippen molar-refractivity contribution in [1.29, 1.82) is 0 Å². The minimum absolute atomic E-state index is 0.138. The first kappa shape index (κ1) is 18.4. The molecule has 0 fully saturated rings. The van der Waals surface area contributed by atoms with Crippen molar-refractivity contribution >= 4 is 17.5 Å². The molecule has 2 N–H and O–H groups in total. The summed E-state index contributed by atoms with van der Waals surface area (Å²) in [4.78, 5) is 23.7. The predicted molar refractivity (Wildman–Crippen MR) is 96.5 cm³/mol. The van der Waals surface area contributed by atoms with Crippen molar-refractivity contribution in [2.75, 3.05) is 19.8 Å². The smallest absolute Gasteiger partial charge is 0.259 e. The highest BCUT2D eigenvalue weighted by molar-refractivity contribution is 6.00. The summed E-state index contributed by atoms with van der Waals surface area (Å²) >= 11 is 0. The van der Waals surface area contributed by atoms with Crippen LogP contribution in [0.5, 0.6) is 11.5 Å². The second-order valence-electron chi connectivity index (χ2n) is 5.78. The number of hydrazone groups is 1. The first-order valence-electron chi connectivity index (χ1n) is 8.30. The van der Waals surface area contributed by atoms with Crippen LogP contribution in [0, 0.1) is 5.82 Å². The molecule has 1 heterocycles. The summed E-state index contributed by atoms with van der Waals surface area (Å²) in [6, 6.07) is 10.6. The highest BCUT2D eigenvalue weighted by atomic mass is 19.1. The second kappa shape index (κ2) is 8.31. The fraction of sp³-hybridized carbons (Fsp3) is 0.211. The summed E-state index contributed by atoms with van der Waals surface area (Å²) in [7, 11) is 0. The van der Waals surface area contributed by atoms with Crippen LogP contribution in [0.1, 0.15) is 22.8 Å². The molecule has 0 spiro atoms. The Balaban J connectivity index is 1.54. The maximum Gasteiger partial charge on any atom is 0.259 e. The van der Waals surface area contributed by atoms with E-state index in [-0.39, 0.29) is 12.1 Å². The van der Waals surface area contributed by atoms with E-state index in [1.54, 1.807) is 19.1 Å². The number of fused-ring (bicyclic) bond motifs is 1. The largest absolute Gasteiger partial charge is 0.486 e. The van der Waals surface area contributed by atoms with Gasteiger partial charge in [-0.3, -0.25) is 9.59 Å². The fourth-order valence-electron chi connectivity index (χ4n) is 2.41. The molecule has 0 atom stereocenters. The van der Waals surface area contributed by atoms with E-state index in [1.165, 1.54) is 18.2 Å². The molecule has 0 saturated carbocycles. The molecule has 7 nitrogen and oxygen atoms in total. The summed E-state index contributed by atoms with van der Waals surface area (Å²) in [6.07, 6.45) is 0. The van der Waals surface area contributed by atoms with E-state index in [9.17, 15) is 14.0 Å². The molecule has 2 amide bonds. The van der Waals surface area contributed by atoms with Crippen LogP contribution in [-0.2, 0) is 4.79 Å². The van der Waals surface area contributed by atoms with Gasteiger partial charge in [-0.2, -0.15) is 5.10 Å². The number of halogens is 1. The van der Waals surface area contributed by atoms with Gasteiger partial charge in [-0.15, -0.1) is 0 Å². The molecular formula is C19H18FN3O4. The Morgan fingerprint density at radius 1 is 1.07 bits per heavy atom. The Labute approximate surface area is 155 Å². The van der Waals surface area contributed by atoms with Crippen LogP contribution < -0.4 is 20.2 Å². The predicted octanol–water partition coefficient (Wildman–Crippen LogP) is 1.87. The van der Waals surface area contributed by atoms with E-state index < -0.39 is 17.6 Å². The third-order valence-corrected chi connectivity index (χ3v) is 3.80. The number of ether oxygens (including phenoxy) is 2. The topological polar surface area (TPSA) is 89.0 Å². The van der Waals surface area contributed by atoms with Crippen LogP contribution in [0.25, 0.3) is 0 Å². The Kier molecular flexibility index (Phi) is 5.65. The monoisotopic (exact) mass is 371 g/mol. The van der Waals surface area contributed by atoms with Crippen molar-refractivity contribution in [3.8, 4) is 11.5 Å². The molecule has 0 aliphatic carbocycles. The maximum atomic E-state index is 13.1. The summed E-state index contributed by atoms with van der Waals surface area (Å²) in [5, 5.41) is 6.42. The van der Waals surface area contributed by atoms with E-state index >= 15 is 0 Å². The molecule has 0 aromatic heterocycles. The number of rotatable bonds is 5. The molecule has 8 heteroatoms. The number of amides is 2. The zero-order valence-electron chi connectivity index (χ0n) is 14.6. The van der Waals surface area contributed by atoms with Gasteiger partial charge in [-0.05, 0) is 43.3 Å². The van der Waals surface area contributed by atoms with Gasteiger partial charge in [0.05, 0.1) is 12.3 Å². The van der Waals surface area contributed by atoms with E-state index in [0.717, 1.165) is 11.6 Å². The minimum atomic E-state index is -0.544. The van der Waals surface area contributed by atoms with Gasteiger partial charge in [0.2, 0.25) is 0 Å². The van der Waals surface area contributed by atoms with Gasteiger partial charge in [-0.25, -0.2) is 9.82 Å². The molecule has 2 aromatic carbocycles. The molecule has 140 valence electrons. The number of benzene rings is 2. The average Bonchev–Trinajstić information content (AvgIpc) is 2.69. The van der Waals surface area contributed by atoms with Crippen molar-refractivity contribution in [2.45, 2.75) is 6.92 Å². The van der Waals surface area contributed by atoms with Gasteiger partial charge in [-0.1, -0.05) is 6.07 Å². The molecular weight excluding hydrogens is 353 g/mol. The van der Waals surface area contributed by atoms with Crippen LogP contribution in [0.2, 0.25) is 0 Å². The maximum absolute atomic E-state index is 13.1. The molecule has 1 aliphatic rings. The quantitative estimate of drug-likeness (QED) is 0.620. The summed E-state index contributed by atoms with van der Waals surface area (Å²) in [5.41, 5.74) is 3.84. The molecule has 0 radical (unpaired) electrons. The molecule has 27 heavy (non-hydrogen) atoms. The zero-order valence-corrected chi connectivity index (χ0v) is 14.6. The van der Waals surface area contributed by atoms with Crippen LogP contribution >= 0.6 is 0 Å². The van der Waals surface area contributed by atoms with Gasteiger partial charge < -0.3 is 14.8 Å². The van der Waals surface area contributed by atoms with E-state index in [0.29, 0.717) is 30.4 Å². The van der Waals surface area contributed by atoms with Crippen LogP contribution in [-0.4, -0.2) is 37.3 Å². The molecule has 0 saturated heterocycles. The van der Waals surface area contributed by atoms with Crippen molar-refractivity contribution in [3.05, 3.63) is 59.4 Å². The first-order chi connectivity index (χ1) is 13.0. The van der Waals surface area contributed by atoms with Gasteiger partial charge in [0, 0.05) is 11.1 Å². The van der Waals surface area contributed by atoms with E-state index in [1.807, 2.05) is 6.07 Å². The highest BCUT2D eigenvalue weighted by Crippen LogP contribution is 2.30. The van der Waals surface area contributed by atoms with E-state index in [4.69, 9.17) is 9.47 Å². The van der Waals surface area contributed by atoms with Gasteiger partial charge in [0.15, 0.2) is 11.5 Å². The van der Waals surface area contributed by atoms with Crippen LogP contribution in [0.4, 0.5) is 4.39 Å². The average molecular weight is 371 g/mol. The second-order valence-corrected chi connectivity index (χ2v) is 5.78. The summed E-state index contributed by atoms with van der Waals surface area (Å²) in [6.45, 7) is 2.44. The Hall–Kier alpha value is -3.42. The van der Waals surface area contributed by atoms with Crippen molar-refractivity contribution in [3.63, 3.8) is 0 Å². The molecule has 3 rings (SSSR count). The summed E-state index contributed by atoms with van der Waals surface area (Å²) < 4.78 is 24.1. The number of carbonyl (C=O) groups is 2. The summed E-state index contributed by atoms with van der Waals surface area (Å²) in [5.74, 6) is -0.274. The number of nitrogens with zero attached hydrogens (tertiary/aromatic N) is 1. The Bertz CT molecular complexity index is 898. The number of carbonyl (C=O) groups excluding carboxylic acids is 2. The van der Waals surface area contributed by atoms with Crippen LogP contribution in [0.3, 0.4) is 0 Å². The normalized spacial score (nSPS) is 13.0. The van der Waals surface area contributed by atoms with Crippen LogP contribution in [0.15, 0.2) is 47.6 Å². The van der Waals surface area contributed by atoms with Crippen molar-refractivity contribution in [2.24, 2.45) is 5.10 Å². The third-order valence-electron chi connectivity index (χ3n) is 3.80. The Morgan fingerprint density at radius 3 is 2.63 bits per heavy atom. The van der Waals surface area contributed by atoms with Gasteiger partial charge in [0.1, 0.15) is 19.0 Å². The lowest BCUT2D eigenvalue weighted by atomic mass is 10.1. The third kappa shape index (κ3) is 4.81. The molecule has 0 bridgehead atoms. The molecule has 2 aromatic rings. The fourth-order valence-corrected chi connectivity index (χ4v) is 2.41. The zero-order chi connectivity index (χ0) is 19.2. The standard InChI is InChI=1S/C19H18FN3O4/c1-12(13-5-6-16-17(10-13)27-8-7-26-16)22-23-18(24)11-21-19(25)14-3-2-4-15(20)9-14/h2-6,9-10H,7-8,11H2,1H3,(H,21,25)(H,23,24)/b22-12+. The SMILES string of the molecule is C/C(=N\NC(=O)CNC(=O)c1cccc(F)c1)c1ccc2c(c1)OCCO2. The number of hydrogen-bond donors (Lipinski definition) is 2. The van der Waals surface area contributed by atoms with Gasteiger partial charge >= 0.3 is 0 Å². The lowest BCUT2D eigenvalue weighted by molar-refractivity contribution is -0.120. The highest BCUT2D eigenvalue weighted by Gasteiger charge is 2.13. The molecule has 1 aliphatic heterocycles. The molecule has 0 unspecified atom stereocenters. The minimum Gasteiger partial charge on any atom is -0.486 e. The lowest BCUT2D eigenvalue weighted by Gasteiger charge is -2.18. The lowest BCUT2D eigenvalue weighted by Crippen LogP contribution is -2.35. The number of hydrogen-bond acceptors (Lipinski definition) is 5. The van der Waals surface area contributed by atoms with Crippen molar-refractivity contribution in [1.82, 2.24) is 10.7 Å². The Morgan fingerprint density at radius 2 is 1.85 bits per heavy atom. The van der Waals surface area contributed by atoms with E-state index in [2.05, 4.69) is 15.8 Å². The van der Waals surface area contributed by atoms with Crippen molar-refractivity contribution < 1.29 is 23.5 Å². The number of nitrogens with one attached hydrogen (secondary N) is 2. The first-order valence-corrected chi connectivity index (χ1v) is 8.30. The van der Waals surface area contributed by atoms with Gasteiger partial charge in [0.25, 0.3) is 11.8 Å².